The Morgan fingerprint density at radius 1 is 1.17 bits per heavy atom. The Labute approximate surface area is 175 Å². The quantitative estimate of drug-likeness (QED) is 0.510. The molecule has 5 aliphatic carbocycles. The highest BCUT2D eigenvalue weighted by molar-refractivity contribution is 5.60. The molecule has 0 bridgehead atoms. The van der Waals surface area contributed by atoms with Crippen molar-refractivity contribution in [3.8, 4) is 0 Å². The molecule has 158 valence electrons. The predicted octanol–water partition coefficient (Wildman–Crippen LogP) is 4.84. The maximum Gasteiger partial charge on any atom is 0.124 e. The van der Waals surface area contributed by atoms with Crippen LogP contribution in [0.5, 0.6) is 0 Å². The Morgan fingerprint density at radius 2 is 1.97 bits per heavy atom. The van der Waals surface area contributed by atoms with E-state index >= 15 is 0 Å². The molecule has 1 N–H and O–H groups in total. The fourth-order valence-corrected chi connectivity index (χ4v) is 9.02. The van der Waals surface area contributed by atoms with Gasteiger partial charge in [0.2, 0.25) is 0 Å². The predicted molar refractivity (Wildman–Crippen MR) is 112 cm³/mol. The summed E-state index contributed by atoms with van der Waals surface area (Å²) in [6.45, 7) is 9.41. The highest BCUT2D eigenvalue weighted by atomic mass is 16.5. The van der Waals surface area contributed by atoms with Crippen molar-refractivity contribution in [1.82, 2.24) is 0 Å². The van der Waals surface area contributed by atoms with E-state index in [1.165, 1.54) is 30.3 Å². The molecule has 1 heterocycles. The third kappa shape index (κ3) is 2.14. The van der Waals surface area contributed by atoms with E-state index in [-0.39, 0.29) is 34.1 Å². The summed E-state index contributed by atoms with van der Waals surface area (Å²) >= 11 is 0. The molecule has 3 unspecified atom stereocenters. The second kappa shape index (κ2) is 5.46. The minimum atomic E-state index is -0.340. The van der Waals surface area contributed by atoms with Crippen molar-refractivity contribution < 1.29 is 14.6 Å². The van der Waals surface area contributed by atoms with Crippen LogP contribution in [-0.2, 0) is 9.53 Å². The Kier molecular flexibility index (Phi) is 3.54. The number of allylic oxidation sites excluding steroid dienone is 3. The summed E-state index contributed by atoms with van der Waals surface area (Å²) in [5, 5.41) is 10.2. The third-order valence-corrected chi connectivity index (χ3v) is 10.4. The highest BCUT2D eigenvalue weighted by Crippen LogP contribution is 2.79. The van der Waals surface area contributed by atoms with E-state index < -0.39 is 0 Å². The number of aldehydes is 1. The average Bonchev–Trinajstić information content (AvgIpc) is 3.33. The van der Waals surface area contributed by atoms with Crippen LogP contribution in [0.15, 0.2) is 23.3 Å². The van der Waals surface area contributed by atoms with Crippen LogP contribution in [0.3, 0.4) is 0 Å². The molecule has 9 atom stereocenters. The van der Waals surface area contributed by atoms with Crippen molar-refractivity contribution in [3.63, 3.8) is 0 Å². The summed E-state index contributed by atoms with van der Waals surface area (Å²) in [6.07, 6.45) is 12.9. The van der Waals surface area contributed by atoms with E-state index in [1.807, 2.05) is 0 Å². The Bertz CT molecular complexity index is 839. The van der Waals surface area contributed by atoms with E-state index in [4.69, 9.17) is 4.74 Å². The topological polar surface area (TPSA) is 46.5 Å². The molecule has 1 saturated heterocycles. The maximum atomic E-state index is 12.4. The number of fused-ring (bicyclic) bond motifs is 9. The van der Waals surface area contributed by atoms with Gasteiger partial charge in [-0.1, -0.05) is 37.1 Å². The van der Waals surface area contributed by atoms with Crippen LogP contribution >= 0.6 is 0 Å². The number of carbonyl (C=O) groups is 1. The lowest BCUT2D eigenvalue weighted by molar-refractivity contribution is -0.169. The number of ether oxygens (including phenoxy) is 1. The zero-order valence-electron chi connectivity index (χ0n) is 18.4. The van der Waals surface area contributed by atoms with E-state index in [9.17, 15) is 9.90 Å². The van der Waals surface area contributed by atoms with Gasteiger partial charge >= 0.3 is 0 Å². The Balaban J connectivity index is 1.48. The summed E-state index contributed by atoms with van der Waals surface area (Å²) in [5.41, 5.74) is 3.03. The summed E-state index contributed by atoms with van der Waals surface area (Å²) in [4.78, 5) is 12.4. The SMILES string of the molecule is CC1(C)CC[C@]2(O1)[C@H]1C[C@H]1C1C3C(=CC[C@@]12C)[C@@]1(C)CCC(O)C=C1C[C@H]3C=O. The number of rotatable bonds is 1. The number of aliphatic hydroxyl groups is 1. The van der Waals surface area contributed by atoms with Gasteiger partial charge in [-0.05, 0) is 82.5 Å². The van der Waals surface area contributed by atoms with Gasteiger partial charge in [-0.2, -0.15) is 0 Å². The first-order valence-electron chi connectivity index (χ1n) is 11.9. The zero-order valence-corrected chi connectivity index (χ0v) is 18.4. The summed E-state index contributed by atoms with van der Waals surface area (Å²) in [6, 6.07) is 0. The fourth-order valence-electron chi connectivity index (χ4n) is 9.02. The largest absolute Gasteiger partial charge is 0.389 e. The van der Waals surface area contributed by atoms with Crippen molar-refractivity contribution in [2.45, 2.75) is 89.9 Å². The first-order valence-corrected chi connectivity index (χ1v) is 11.9. The van der Waals surface area contributed by atoms with E-state index in [0.717, 1.165) is 38.0 Å². The van der Waals surface area contributed by atoms with Gasteiger partial charge in [-0.25, -0.2) is 0 Å². The van der Waals surface area contributed by atoms with Gasteiger partial charge in [0, 0.05) is 16.7 Å². The first kappa shape index (κ1) is 18.8. The molecule has 1 aliphatic heterocycles. The van der Waals surface area contributed by atoms with Gasteiger partial charge in [0.1, 0.15) is 6.29 Å². The molecule has 6 aliphatic rings. The van der Waals surface area contributed by atoms with Crippen LogP contribution in [-0.4, -0.2) is 28.7 Å². The highest BCUT2D eigenvalue weighted by Gasteiger charge is 2.78. The molecule has 3 nitrogen and oxygen atoms in total. The standard InChI is InChI=1S/C26H36O3/c1-23(2)9-10-26(29-23)20-13-18(20)22-21-15(14-27)11-16-12-17(28)5-7-24(16,3)19(21)6-8-25(22,26)4/h6,12,14-15,17-18,20-22,28H,5,7-11,13H2,1-4H3/t15-,17?,18+,20-,21?,22?,24-,25-,26-/m0/s1. The lowest BCUT2D eigenvalue weighted by atomic mass is 9.47. The molecule has 0 aromatic carbocycles. The molecular formula is C26H36O3. The van der Waals surface area contributed by atoms with Crippen LogP contribution in [0.1, 0.15) is 72.6 Å². The van der Waals surface area contributed by atoms with Gasteiger partial charge in [0.15, 0.2) is 0 Å². The van der Waals surface area contributed by atoms with Gasteiger partial charge in [0.25, 0.3) is 0 Å². The second-order valence-corrected chi connectivity index (χ2v) is 12.2. The van der Waals surface area contributed by atoms with Crippen molar-refractivity contribution in [1.29, 1.82) is 0 Å². The summed E-state index contributed by atoms with van der Waals surface area (Å²) in [5.74, 6) is 2.42. The minimum absolute atomic E-state index is 0.0150. The average molecular weight is 397 g/mol. The second-order valence-electron chi connectivity index (χ2n) is 12.2. The monoisotopic (exact) mass is 396 g/mol. The van der Waals surface area contributed by atoms with Gasteiger partial charge in [-0.15, -0.1) is 0 Å². The van der Waals surface area contributed by atoms with Crippen LogP contribution < -0.4 is 0 Å². The third-order valence-electron chi connectivity index (χ3n) is 10.4. The Morgan fingerprint density at radius 3 is 2.66 bits per heavy atom. The van der Waals surface area contributed by atoms with Crippen molar-refractivity contribution in [2.75, 3.05) is 0 Å². The Hall–Kier alpha value is -0.930. The van der Waals surface area contributed by atoms with E-state index in [2.05, 4.69) is 39.8 Å². The summed E-state index contributed by atoms with van der Waals surface area (Å²) in [7, 11) is 0. The van der Waals surface area contributed by atoms with Crippen molar-refractivity contribution >= 4 is 6.29 Å². The molecule has 29 heavy (non-hydrogen) atoms. The van der Waals surface area contributed by atoms with Crippen LogP contribution in [0, 0.1) is 40.4 Å². The molecule has 0 aromatic rings. The molecule has 1 spiro atoms. The lowest BCUT2D eigenvalue weighted by Gasteiger charge is -2.58. The molecule has 0 amide bonds. The molecule has 3 saturated carbocycles. The molecular weight excluding hydrogens is 360 g/mol. The van der Waals surface area contributed by atoms with Gasteiger partial charge in [0.05, 0.1) is 17.3 Å². The molecule has 0 radical (unpaired) electrons. The minimum Gasteiger partial charge on any atom is -0.389 e. The van der Waals surface area contributed by atoms with Crippen molar-refractivity contribution in [3.05, 3.63) is 23.3 Å². The molecule has 0 aromatic heterocycles. The molecule has 6 rings (SSSR count). The van der Waals surface area contributed by atoms with Gasteiger partial charge in [-0.3, -0.25) is 0 Å². The van der Waals surface area contributed by atoms with Crippen LogP contribution in [0.2, 0.25) is 0 Å². The van der Waals surface area contributed by atoms with Crippen LogP contribution in [0.4, 0.5) is 0 Å². The summed E-state index contributed by atoms with van der Waals surface area (Å²) < 4.78 is 6.96. The molecule has 3 heteroatoms. The number of carbonyl (C=O) groups excluding carboxylic acids is 1. The van der Waals surface area contributed by atoms with Gasteiger partial charge < -0.3 is 14.6 Å². The van der Waals surface area contributed by atoms with E-state index in [0.29, 0.717) is 17.8 Å². The fraction of sp³-hybridized carbons (Fsp3) is 0.808. The van der Waals surface area contributed by atoms with Crippen LogP contribution in [0.25, 0.3) is 0 Å². The van der Waals surface area contributed by atoms with Crippen molar-refractivity contribution in [2.24, 2.45) is 40.4 Å². The maximum absolute atomic E-state index is 12.4. The van der Waals surface area contributed by atoms with E-state index in [1.54, 1.807) is 0 Å². The number of hydrogen-bond donors (Lipinski definition) is 1. The first-order chi connectivity index (χ1) is 13.7. The number of aliphatic hydroxyl groups excluding tert-OH is 1. The smallest absolute Gasteiger partial charge is 0.124 e. The lowest BCUT2D eigenvalue weighted by Crippen LogP contribution is -2.55. The number of hydrogen-bond acceptors (Lipinski definition) is 3. The normalized spacial score (nSPS) is 56.6. The molecule has 4 fully saturated rings. The zero-order chi connectivity index (χ0) is 20.4.